The molecule has 3 aliphatic rings. The fourth-order valence-corrected chi connectivity index (χ4v) is 14.7. The van der Waals surface area contributed by atoms with Gasteiger partial charge in [-0.15, -0.1) is 30.6 Å². The minimum absolute atomic E-state index is 0.0218. The molecule has 0 radical (unpaired) electrons. The van der Waals surface area contributed by atoms with Crippen molar-refractivity contribution in [2.45, 2.75) is 161 Å². The second kappa shape index (κ2) is 34.4. The van der Waals surface area contributed by atoms with E-state index >= 15 is 0 Å². The first-order valence-electron chi connectivity index (χ1n) is 35.6. The topological polar surface area (TPSA) is 157 Å². The van der Waals surface area contributed by atoms with Gasteiger partial charge in [-0.05, 0) is 160 Å². The van der Waals surface area contributed by atoms with Crippen molar-refractivity contribution in [2.24, 2.45) is 0 Å². The van der Waals surface area contributed by atoms with Crippen molar-refractivity contribution < 1.29 is 93.2 Å². The number of ether oxygens (including phenoxy) is 3. The number of rotatable bonds is 21. The lowest BCUT2D eigenvalue weighted by Crippen LogP contribution is -2.59. The smallest absolute Gasteiger partial charge is 0.373 e. The summed E-state index contributed by atoms with van der Waals surface area (Å²) in [5, 5.41) is 30.2. The van der Waals surface area contributed by atoms with Gasteiger partial charge in [0.1, 0.15) is 54.6 Å². The normalized spacial score (nSPS) is 23.1. The number of alkyl halides is 18. The molecule has 1 saturated carbocycles. The summed E-state index contributed by atoms with van der Waals surface area (Å²) in [4.78, 5) is 10.8. The molecule has 9 aromatic rings. The molecule has 5 heterocycles. The zero-order valence-corrected chi connectivity index (χ0v) is 61.3. The van der Waals surface area contributed by atoms with Crippen LogP contribution in [-0.2, 0) is 84.4 Å². The van der Waals surface area contributed by atoms with Gasteiger partial charge in [-0.2, -0.15) is 79.0 Å². The third-order valence-corrected chi connectivity index (χ3v) is 21.7. The molecule has 0 unspecified atom stereocenters. The Morgan fingerprint density at radius 1 is 0.342 bits per heavy atom. The van der Waals surface area contributed by atoms with E-state index < -0.39 is 122 Å². The highest BCUT2D eigenvalue weighted by atomic mass is 19.4. The minimum atomic E-state index is -4.94. The molecular formula is C79H76F18N14O3. The molecule has 12 rings (SSSR count). The Morgan fingerprint density at radius 3 is 0.842 bits per heavy atom. The first kappa shape index (κ1) is 86.2. The van der Waals surface area contributed by atoms with Gasteiger partial charge in [0.2, 0.25) is 19.6 Å². The van der Waals surface area contributed by atoms with Crippen LogP contribution in [0.5, 0.6) is 0 Å². The first-order valence-corrected chi connectivity index (χ1v) is 35.6. The monoisotopic (exact) mass is 1610 g/mol. The number of aromatic nitrogens is 9. The predicted molar refractivity (Wildman–Crippen MR) is 378 cm³/mol. The van der Waals surface area contributed by atoms with E-state index in [1.165, 1.54) is 20.8 Å². The molecule has 35 heteroatoms. The summed E-state index contributed by atoms with van der Waals surface area (Å²) >= 11 is 0. The fraction of sp³-hybridized carbons (Fsp3) is 0.430. The van der Waals surface area contributed by atoms with Gasteiger partial charge in [0.05, 0.1) is 82.6 Å². The maximum atomic E-state index is 13.4. The summed E-state index contributed by atoms with van der Waals surface area (Å²) in [7, 11) is 0. The summed E-state index contributed by atoms with van der Waals surface area (Å²) in [5.41, 5.74) is -10.1. The molecule has 2 aliphatic heterocycles. The van der Waals surface area contributed by atoms with Crippen molar-refractivity contribution >= 4 is 0 Å². The van der Waals surface area contributed by atoms with Crippen molar-refractivity contribution in [3.05, 3.63) is 285 Å². The third-order valence-electron chi connectivity index (χ3n) is 21.7. The number of nitrogens with zero attached hydrogens (tertiary/aromatic N) is 12. The van der Waals surface area contributed by atoms with Crippen molar-refractivity contribution in [1.82, 2.24) is 54.9 Å². The lowest BCUT2D eigenvalue weighted by Gasteiger charge is -2.46. The van der Waals surface area contributed by atoms with Gasteiger partial charge < -0.3 is 53.1 Å². The van der Waals surface area contributed by atoms with Gasteiger partial charge in [0.25, 0.3) is 0 Å². The molecule has 6 aromatic carbocycles. The van der Waals surface area contributed by atoms with E-state index in [1.54, 1.807) is 47.1 Å². The molecule has 3 fully saturated rings. The van der Waals surface area contributed by atoms with Crippen molar-refractivity contribution in [3.8, 4) is 0 Å². The van der Waals surface area contributed by atoms with E-state index in [9.17, 15) is 79.0 Å². The Hall–Kier alpha value is -10.3. The zero-order chi connectivity index (χ0) is 82.8. The van der Waals surface area contributed by atoms with E-state index in [2.05, 4.69) is 55.8 Å². The molecule has 606 valence electrons. The largest absolute Gasteiger partial charge is 0.416 e. The van der Waals surface area contributed by atoms with Gasteiger partial charge in [0, 0.05) is 18.5 Å². The Bertz CT molecular complexity index is 4150. The highest BCUT2D eigenvalue weighted by Crippen LogP contribution is 2.50. The average molecular weight is 1610 g/mol. The molecular weight excluding hydrogens is 1530 g/mol. The number of nitrogens with one attached hydrogen (secondary N) is 2. The van der Waals surface area contributed by atoms with Gasteiger partial charge in [-0.25, -0.2) is 19.7 Å². The molecule has 17 nitrogen and oxygen atoms in total. The summed E-state index contributed by atoms with van der Waals surface area (Å²) in [6.45, 7) is 28.0. The number of piperidine rings is 2. The van der Waals surface area contributed by atoms with Crippen LogP contribution in [0.3, 0.4) is 0 Å². The standard InChI is InChI=1S/C27H26F6N4O.2C26H25F6N5O/c1-19(20-12-22(26(28,29)30)14-23(13-20)27(31,32)33)38-16-24(21-6-4-3-5-7-21)8-10-25(11-9-24,15-34-2)37-17-35-36-18-37;2*1-18(19-10-21(25(27,28)29)12-22(11-19)26(30,31)32)38-15-24(20-6-4-3-5-7-20)9-8-23(13-33-2,14-34-24)37-16-35-36-17-37/h3-7,12-14,17-19H,8-11,15-16H2,1H3;2*3-7,10-12,16-18,34H,8-9,13-15H2,1H3/t19-,24?,25?;18-,23+,24-;18-,23-,24-/m111/s1. The third kappa shape index (κ3) is 20.1. The van der Waals surface area contributed by atoms with Crippen LogP contribution in [0.1, 0.15) is 157 Å². The number of benzene rings is 6. The van der Waals surface area contributed by atoms with Crippen LogP contribution in [0.15, 0.2) is 184 Å². The van der Waals surface area contributed by atoms with Crippen LogP contribution >= 0.6 is 0 Å². The van der Waals surface area contributed by atoms with Crippen molar-refractivity contribution in [3.63, 3.8) is 0 Å². The maximum Gasteiger partial charge on any atom is 0.416 e. The summed E-state index contributed by atoms with van der Waals surface area (Å²) in [6, 6.07) is 32.6. The highest BCUT2D eigenvalue weighted by Gasteiger charge is 2.52. The summed E-state index contributed by atoms with van der Waals surface area (Å²) < 4.78 is 264. The molecule has 0 spiro atoms. The van der Waals surface area contributed by atoms with Crippen LogP contribution in [0.25, 0.3) is 14.5 Å². The quantitative estimate of drug-likeness (QED) is 0.0521. The average Bonchev–Trinajstić information content (AvgIpc) is 1.51. The molecule has 0 amide bonds. The minimum Gasteiger partial charge on any atom is -0.373 e. The van der Waals surface area contributed by atoms with E-state index in [1.807, 2.05) is 95.6 Å². The Kier molecular flexibility index (Phi) is 26.0. The number of hydrogen-bond donors (Lipinski definition) is 2. The molecule has 0 bridgehead atoms. The summed E-state index contributed by atoms with van der Waals surface area (Å²) in [5.74, 6) is 0. The molecule has 7 atom stereocenters. The Balaban J connectivity index is 0.000000181. The van der Waals surface area contributed by atoms with E-state index in [0.717, 1.165) is 16.7 Å². The summed E-state index contributed by atoms with van der Waals surface area (Å²) in [6.07, 6.45) is -19.0. The second-order valence-electron chi connectivity index (χ2n) is 28.9. The van der Waals surface area contributed by atoms with E-state index in [0.29, 0.717) is 101 Å². The van der Waals surface area contributed by atoms with Crippen molar-refractivity contribution in [2.75, 3.05) is 52.5 Å². The van der Waals surface area contributed by atoms with E-state index in [-0.39, 0.29) is 74.3 Å². The molecule has 2 saturated heterocycles. The SMILES string of the molecule is [C-]#[N+]CC1(n2cnnc2)CCC(CO[C@H](C)c2cc(C(F)(F)F)cc(C(F)(F)F)c2)(c2ccccc2)CC1.[C-]#[N+]C[C@@]1(n2cnnc2)CC[C@@](CO[C@H](C)c2cc(C(F)(F)F)cc(C(F)(F)F)c2)(c2ccccc2)NC1.[C-]#[N+]C[C@]1(n2cnnc2)CC[C@@](CO[C@H](C)c2cc(C(F)(F)F)cc(C(F)(F)F)c2)(c2ccccc2)NC1. The van der Waals surface area contributed by atoms with Gasteiger partial charge in [-0.1, -0.05) is 91.0 Å². The highest BCUT2D eigenvalue weighted by molar-refractivity contribution is 5.39. The fourth-order valence-electron chi connectivity index (χ4n) is 14.7. The van der Waals surface area contributed by atoms with Gasteiger partial charge in [-0.3, -0.25) is 0 Å². The van der Waals surface area contributed by atoms with Gasteiger partial charge >= 0.3 is 37.1 Å². The predicted octanol–water partition coefficient (Wildman–Crippen LogP) is 19.2. The molecule has 3 aromatic heterocycles. The lowest BCUT2D eigenvalue weighted by molar-refractivity contribution is -0.145. The Labute approximate surface area is 643 Å². The molecule has 2 N–H and O–H groups in total. The second-order valence-corrected chi connectivity index (χ2v) is 28.9. The van der Waals surface area contributed by atoms with E-state index in [4.69, 9.17) is 33.9 Å². The van der Waals surface area contributed by atoms with Crippen LogP contribution in [0, 0.1) is 19.7 Å². The number of hydrogen-bond acceptors (Lipinski definition) is 11. The zero-order valence-electron chi connectivity index (χ0n) is 61.3. The van der Waals surface area contributed by atoms with Gasteiger partial charge in [0.15, 0.2) is 0 Å². The maximum absolute atomic E-state index is 13.4. The van der Waals surface area contributed by atoms with Crippen LogP contribution < -0.4 is 10.6 Å². The molecule has 1 aliphatic carbocycles. The van der Waals surface area contributed by atoms with Crippen LogP contribution in [-0.4, -0.2) is 96.8 Å². The number of halogens is 18. The molecule has 114 heavy (non-hydrogen) atoms. The Morgan fingerprint density at radius 2 is 0.588 bits per heavy atom. The first-order chi connectivity index (χ1) is 53.7. The van der Waals surface area contributed by atoms with Crippen LogP contribution in [0.4, 0.5) is 79.0 Å². The van der Waals surface area contributed by atoms with Crippen LogP contribution in [0.2, 0.25) is 0 Å². The van der Waals surface area contributed by atoms with Crippen molar-refractivity contribution in [1.29, 1.82) is 0 Å². The lowest BCUT2D eigenvalue weighted by atomic mass is 9.64.